The third-order valence-electron chi connectivity index (χ3n) is 5.05. The number of hydrogen-bond acceptors (Lipinski definition) is 2. The summed E-state index contributed by atoms with van der Waals surface area (Å²) in [5, 5.41) is 3.79. The van der Waals surface area contributed by atoms with E-state index in [1.807, 2.05) is 18.2 Å². The second-order valence-electron chi connectivity index (χ2n) is 6.55. The van der Waals surface area contributed by atoms with Crippen LogP contribution in [0.2, 0.25) is 5.02 Å². The van der Waals surface area contributed by atoms with Crippen molar-refractivity contribution in [3.05, 3.63) is 64.2 Å². The molecule has 1 aliphatic heterocycles. The Kier molecular flexibility index (Phi) is 4.19. The maximum Gasteiger partial charge on any atom is 0.221 e. The van der Waals surface area contributed by atoms with E-state index in [2.05, 4.69) is 29.6 Å². The molecule has 3 nitrogen and oxygen atoms in total. The first-order valence-corrected chi connectivity index (χ1v) is 8.88. The van der Waals surface area contributed by atoms with Crippen molar-refractivity contribution < 1.29 is 9.53 Å². The number of fused-ring (bicyclic) bond motifs is 2. The molecule has 2 aromatic carbocycles. The lowest BCUT2D eigenvalue weighted by atomic mass is 9.96. The van der Waals surface area contributed by atoms with Gasteiger partial charge in [0.1, 0.15) is 5.75 Å². The Hall–Kier alpha value is -2.00. The van der Waals surface area contributed by atoms with Gasteiger partial charge >= 0.3 is 0 Å². The first kappa shape index (κ1) is 15.5. The Labute approximate surface area is 147 Å². The predicted molar refractivity (Wildman–Crippen MR) is 94.6 cm³/mol. The molecule has 4 rings (SSSR count). The highest BCUT2D eigenvalue weighted by molar-refractivity contribution is 6.32. The Morgan fingerprint density at radius 1 is 1.12 bits per heavy atom. The number of aryl methyl sites for hydroxylation is 1. The first-order chi connectivity index (χ1) is 11.7. The van der Waals surface area contributed by atoms with Crippen LogP contribution in [0.1, 0.15) is 47.9 Å². The molecule has 2 aromatic rings. The predicted octanol–water partition coefficient (Wildman–Crippen LogP) is 4.40. The van der Waals surface area contributed by atoms with Crippen molar-refractivity contribution in [1.29, 1.82) is 0 Å². The number of amides is 1. The maximum atomic E-state index is 12.6. The van der Waals surface area contributed by atoms with Crippen molar-refractivity contribution in [2.24, 2.45) is 0 Å². The lowest BCUT2D eigenvalue weighted by molar-refractivity contribution is -0.122. The van der Waals surface area contributed by atoms with Crippen molar-refractivity contribution in [1.82, 2.24) is 5.32 Å². The summed E-state index contributed by atoms with van der Waals surface area (Å²) >= 11 is 6.20. The van der Waals surface area contributed by atoms with Crippen molar-refractivity contribution in [3.63, 3.8) is 0 Å². The molecule has 0 saturated carbocycles. The molecule has 1 N–H and O–H groups in total. The fourth-order valence-corrected chi connectivity index (χ4v) is 4.11. The highest BCUT2D eigenvalue weighted by atomic mass is 35.5. The molecule has 1 amide bonds. The van der Waals surface area contributed by atoms with E-state index in [9.17, 15) is 4.79 Å². The Morgan fingerprint density at radius 2 is 1.96 bits per heavy atom. The van der Waals surface area contributed by atoms with Gasteiger partial charge in [0.2, 0.25) is 5.91 Å². The van der Waals surface area contributed by atoms with Crippen LogP contribution in [0.25, 0.3) is 0 Å². The number of rotatable bonds is 3. The van der Waals surface area contributed by atoms with Gasteiger partial charge in [-0.3, -0.25) is 4.79 Å². The summed E-state index contributed by atoms with van der Waals surface area (Å²) in [6.45, 7) is 0.577. The summed E-state index contributed by atoms with van der Waals surface area (Å²) in [6.07, 6.45) is 3.46. The average molecular weight is 342 g/mol. The van der Waals surface area contributed by atoms with Gasteiger partial charge in [-0.05, 0) is 36.0 Å². The summed E-state index contributed by atoms with van der Waals surface area (Å²) in [4.78, 5) is 12.6. The van der Waals surface area contributed by atoms with E-state index < -0.39 is 0 Å². The van der Waals surface area contributed by atoms with E-state index in [1.54, 1.807) is 0 Å². The number of ether oxygens (including phenoxy) is 1. The van der Waals surface area contributed by atoms with Gasteiger partial charge in [0, 0.05) is 18.4 Å². The van der Waals surface area contributed by atoms with Gasteiger partial charge in [0.05, 0.1) is 17.7 Å². The number of nitrogens with one attached hydrogen (secondary N) is 1. The molecule has 0 bridgehead atoms. The standard InChI is InChI=1S/C20H20ClNO2/c21-17-7-3-6-16-18(10-11-24-20(16)17)22-19(23)12-14-9-8-13-4-1-2-5-15(13)14/h1-7,14,18H,8-12H2,(H,22,23). The average Bonchev–Trinajstić information content (AvgIpc) is 2.99. The third-order valence-corrected chi connectivity index (χ3v) is 5.35. The topological polar surface area (TPSA) is 38.3 Å². The van der Waals surface area contributed by atoms with Crippen LogP contribution in [-0.4, -0.2) is 12.5 Å². The summed E-state index contributed by atoms with van der Waals surface area (Å²) in [5.41, 5.74) is 3.70. The molecule has 24 heavy (non-hydrogen) atoms. The second-order valence-corrected chi connectivity index (χ2v) is 6.96. The molecular weight excluding hydrogens is 322 g/mol. The van der Waals surface area contributed by atoms with E-state index in [-0.39, 0.29) is 11.9 Å². The summed E-state index contributed by atoms with van der Waals surface area (Å²) in [7, 11) is 0. The molecular formula is C20H20ClNO2. The first-order valence-electron chi connectivity index (χ1n) is 8.51. The van der Waals surface area contributed by atoms with Crippen LogP contribution < -0.4 is 10.1 Å². The van der Waals surface area contributed by atoms with Crippen LogP contribution in [-0.2, 0) is 11.2 Å². The quantitative estimate of drug-likeness (QED) is 0.898. The van der Waals surface area contributed by atoms with Crippen molar-refractivity contribution in [2.45, 2.75) is 37.6 Å². The smallest absolute Gasteiger partial charge is 0.221 e. The van der Waals surface area contributed by atoms with Gasteiger partial charge in [0.25, 0.3) is 0 Å². The molecule has 0 spiro atoms. The molecule has 4 heteroatoms. The SMILES string of the molecule is O=C(CC1CCc2ccccc21)NC1CCOc2c(Cl)cccc21. The van der Waals surface area contributed by atoms with Gasteiger partial charge in [-0.25, -0.2) is 0 Å². The largest absolute Gasteiger partial charge is 0.492 e. The van der Waals surface area contributed by atoms with Gasteiger partial charge in [0.15, 0.2) is 0 Å². The number of carbonyl (C=O) groups excluding carboxylic acids is 1. The molecule has 124 valence electrons. The molecule has 1 heterocycles. The zero-order chi connectivity index (χ0) is 16.5. The zero-order valence-electron chi connectivity index (χ0n) is 13.4. The minimum Gasteiger partial charge on any atom is -0.492 e. The number of halogens is 1. The number of benzene rings is 2. The van der Waals surface area contributed by atoms with E-state index in [0.29, 0.717) is 29.7 Å². The summed E-state index contributed by atoms with van der Waals surface area (Å²) in [6, 6.07) is 14.2. The lowest BCUT2D eigenvalue weighted by Gasteiger charge is -2.27. The lowest BCUT2D eigenvalue weighted by Crippen LogP contribution is -2.32. The molecule has 2 unspecified atom stereocenters. The van der Waals surface area contributed by atoms with Gasteiger partial charge < -0.3 is 10.1 Å². The monoisotopic (exact) mass is 341 g/mol. The molecule has 0 radical (unpaired) electrons. The minimum absolute atomic E-state index is 0.0170. The van der Waals surface area contributed by atoms with Crippen molar-refractivity contribution >= 4 is 17.5 Å². The van der Waals surface area contributed by atoms with E-state index in [0.717, 1.165) is 24.8 Å². The van der Waals surface area contributed by atoms with Crippen LogP contribution in [0.15, 0.2) is 42.5 Å². The van der Waals surface area contributed by atoms with Crippen molar-refractivity contribution in [3.8, 4) is 5.75 Å². The molecule has 0 aromatic heterocycles. The Balaban J connectivity index is 1.46. The molecule has 2 aliphatic rings. The fourth-order valence-electron chi connectivity index (χ4n) is 3.87. The Bertz CT molecular complexity index is 774. The molecule has 0 saturated heterocycles. The van der Waals surface area contributed by atoms with E-state index >= 15 is 0 Å². The van der Waals surface area contributed by atoms with Gasteiger partial charge in [-0.1, -0.05) is 48.0 Å². The van der Waals surface area contributed by atoms with Crippen LogP contribution in [0.3, 0.4) is 0 Å². The highest BCUT2D eigenvalue weighted by Gasteiger charge is 2.28. The number of para-hydroxylation sites is 1. The van der Waals surface area contributed by atoms with E-state index in [1.165, 1.54) is 11.1 Å². The second kappa shape index (κ2) is 6.48. The molecule has 0 fully saturated rings. The molecule has 2 atom stereocenters. The van der Waals surface area contributed by atoms with Crippen LogP contribution in [0, 0.1) is 0 Å². The third kappa shape index (κ3) is 2.89. The normalized spacial score (nSPS) is 21.5. The fraction of sp³-hybridized carbons (Fsp3) is 0.350. The highest BCUT2D eigenvalue weighted by Crippen LogP contribution is 2.38. The summed E-state index contributed by atoms with van der Waals surface area (Å²) < 4.78 is 5.66. The van der Waals surface area contributed by atoms with Gasteiger partial charge in [-0.15, -0.1) is 0 Å². The number of hydrogen-bond donors (Lipinski definition) is 1. The maximum absolute atomic E-state index is 12.6. The van der Waals surface area contributed by atoms with Crippen LogP contribution in [0.5, 0.6) is 5.75 Å². The minimum atomic E-state index is -0.0170. The van der Waals surface area contributed by atoms with Gasteiger partial charge in [-0.2, -0.15) is 0 Å². The number of carbonyl (C=O) groups is 1. The van der Waals surface area contributed by atoms with Crippen LogP contribution >= 0.6 is 11.6 Å². The summed E-state index contributed by atoms with van der Waals surface area (Å²) in [5.74, 6) is 1.15. The van der Waals surface area contributed by atoms with E-state index in [4.69, 9.17) is 16.3 Å². The van der Waals surface area contributed by atoms with Crippen LogP contribution in [0.4, 0.5) is 0 Å². The zero-order valence-corrected chi connectivity index (χ0v) is 14.2. The Morgan fingerprint density at radius 3 is 2.88 bits per heavy atom. The van der Waals surface area contributed by atoms with Crippen molar-refractivity contribution in [2.75, 3.05) is 6.61 Å². The molecule has 1 aliphatic carbocycles.